The molecule has 0 bridgehead atoms. The number of amides is 1. The Balaban J connectivity index is 1.65. The lowest BCUT2D eigenvalue weighted by atomic mass is 10.2. The van der Waals surface area contributed by atoms with E-state index in [1.165, 1.54) is 0 Å². The summed E-state index contributed by atoms with van der Waals surface area (Å²) < 4.78 is 12.8. The summed E-state index contributed by atoms with van der Waals surface area (Å²) in [6.07, 6.45) is 4.91. The minimum absolute atomic E-state index is 0.0244. The molecule has 1 fully saturated rings. The van der Waals surface area contributed by atoms with Crippen LogP contribution >= 0.6 is 0 Å². The third kappa shape index (κ3) is 4.87. The number of hydrogen-bond donors (Lipinski definition) is 2. The van der Waals surface area contributed by atoms with Crippen LogP contribution in [0.15, 0.2) is 6.20 Å². The Morgan fingerprint density at radius 3 is 3.25 bits per heavy atom. The highest BCUT2D eigenvalue weighted by Gasteiger charge is 2.13. The number of nitrogens with two attached hydrogens (primary N) is 1. The second-order valence-electron chi connectivity index (χ2n) is 4.62. The summed E-state index contributed by atoms with van der Waals surface area (Å²) in [5, 5.41) is 10.6. The van der Waals surface area contributed by atoms with Crippen LogP contribution in [0, 0.1) is 0 Å². The molecule has 1 saturated heterocycles. The lowest BCUT2D eigenvalue weighted by molar-refractivity contribution is -0.163. The van der Waals surface area contributed by atoms with Gasteiger partial charge in [0.25, 0.3) is 0 Å². The van der Waals surface area contributed by atoms with Crippen molar-refractivity contribution in [3.63, 3.8) is 0 Å². The van der Waals surface area contributed by atoms with E-state index in [1.54, 1.807) is 10.9 Å². The van der Waals surface area contributed by atoms with Crippen LogP contribution in [-0.4, -0.2) is 46.9 Å². The molecule has 20 heavy (non-hydrogen) atoms. The van der Waals surface area contributed by atoms with Crippen LogP contribution < -0.4 is 11.1 Å². The molecule has 112 valence electrons. The number of rotatable bonds is 7. The van der Waals surface area contributed by atoms with Gasteiger partial charge in [0.1, 0.15) is 5.69 Å². The van der Waals surface area contributed by atoms with Crippen molar-refractivity contribution in [3.05, 3.63) is 11.9 Å². The summed E-state index contributed by atoms with van der Waals surface area (Å²) in [6, 6.07) is 0. The first-order valence-electron chi connectivity index (χ1n) is 6.87. The number of carbonyl (C=O) groups is 1. The Morgan fingerprint density at radius 1 is 1.60 bits per heavy atom. The molecule has 0 spiro atoms. The monoisotopic (exact) mass is 283 g/mol. The van der Waals surface area contributed by atoms with E-state index in [2.05, 4.69) is 15.6 Å². The molecule has 1 unspecified atom stereocenters. The van der Waals surface area contributed by atoms with Crippen molar-refractivity contribution < 1.29 is 14.3 Å². The van der Waals surface area contributed by atoms with Gasteiger partial charge in [-0.15, -0.1) is 5.10 Å². The molecule has 0 aliphatic carbocycles. The van der Waals surface area contributed by atoms with E-state index >= 15 is 0 Å². The van der Waals surface area contributed by atoms with Gasteiger partial charge in [0, 0.05) is 6.61 Å². The number of nitrogens with zero attached hydrogens (tertiary/aromatic N) is 3. The van der Waals surface area contributed by atoms with Gasteiger partial charge in [-0.3, -0.25) is 4.79 Å². The summed E-state index contributed by atoms with van der Waals surface area (Å²) in [6.45, 7) is 2.23. The molecule has 8 nitrogen and oxygen atoms in total. The molecule has 0 saturated carbocycles. The standard InChI is InChI=1S/C12H21N5O3/c13-7-11(18)14-8-10-9-17(16-15-10)4-6-20-12-3-1-2-5-19-12/h9,12H,1-8,13H2,(H,14,18). The van der Waals surface area contributed by atoms with Gasteiger partial charge >= 0.3 is 0 Å². The number of nitrogens with one attached hydrogen (secondary N) is 1. The zero-order valence-corrected chi connectivity index (χ0v) is 11.5. The molecule has 1 amide bonds. The Hall–Kier alpha value is -1.51. The Bertz CT molecular complexity index is 417. The maximum Gasteiger partial charge on any atom is 0.234 e. The average Bonchev–Trinajstić information content (AvgIpc) is 2.94. The van der Waals surface area contributed by atoms with Crippen molar-refractivity contribution in [3.8, 4) is 0 Å². The molecule has 1 atom stereocenters. The fourth-order valence-electron chi connectivity index (χ4n) is 1.91. The molecule has 2 rings (SSSR count). The Morgan fingerprint density at radius 2 is 2.50 bits per heavy atom. The maximum atomic E-state index is 11.0. The van der Waals surface area contributed by atoms with E-state index in [4.69, 9.17) is 15.2 Å². The molecule has 1 aliphatic heterocycles. The van der Waals surface area contributed by atoms with E-state index in [9.17, 15) is 4.79 Å². The highest BCUT2D eigenvalue weighted by molar-refractivity contribution is 5.77. The Kier molecular flexibility index (Phi) is 5.90. The van der Waals surface area contributed by atoms with E-state index in [0.29, 0.717) is 25.4 Å². The number of carbonyl (C=O) groups excluding carboxylic acids is 1. The van der Waals surface area contributed by atoms with Crippen LogP contribution in [-0.2, 0) is 27.4 Å². The van der Waals surface area contributed by atoms with E-state index in [1.807, 2.05) is 0 Å². The van der Waals surface area contributed by atoms with Crippen molar-refractivity contribution in [2.24, 2.45) is 5.73 Å². The van der Waals surface area contributed by atoms with Crippen LogP contribution in [0.2, 0.25) is 0 Å². The minimum Gasteiger partial charge on any atom is -0.353 e. The van der Waals surface area contributed by atoms with Gasteiger partial charge in [0.15, 0.2) is 6.29 Å². The van der Waals surface area contributed by atoms with Crippen LogP contribution in [0.25, 0.3) is 0 Å². The molecule has 2 heterocycles. The smallest absolute Gasteiger partial charge is 0.234 e. The fourth-order valence-corrected chi connectivity index (χ4v) is 1.91. The maximum absolute atomic E-state index is 11.0. The fraction of sp³-hybridized carbons (Fsp3) is 0.750. The predicted octanol–water partition coefficient (Wildman–Crippen LogP) is -0.604. The zero-order chi connectivity index (χ0) is 14.2. The summed E-state index contributed by atoms with van der Waals surface area (Å²) in [5.74, 6) is -0.211. The highest BCUT2D eigenvalue weighted by Crippen LogP contribution is 2.13. The molecule has 1 aromatic heterocycles. The van der Waals surface area contributed by atoms with Crippen LogP contribution in [0.1, 0.15) is 25.0 Å². The second kappa shape index (κ2) is 7.93. The number of ether oxygens (including phenoxy) is 2. The second-order valence-corrected chi connectivity index (χ2v) is 4.62. The molecule has 1 aromatic rings. The molecular formula is C12H21N5O3. The third-order valence-corrected chi connectivity index (χ3v) is 3.00. The average molecular weight is 283 g/mol. The van der Waals surface area contributed by atoms with Gasteiger partial charge in [0.2, 0.25) is 5.91 Å². The summed E-state index contributed by atoms with van der Waals surface area (Å²) >= 11 is 0. The van der Waals surface area contributed by atoms with Gasteiger partial charge in [-0.2, -0.15) is 0 Å². The lowest BCUT2D eigenvalue weighted by Crippen LogP contribution is -2.29. The first-order chi connectivity index (χ1) is 9.78. The van der Waals surface area contributed by atoms with E-state index < -0.39 is 0 Å². The number of aromatic nitrogens is 3. The first-order valence-corrected chi connectivity index (χ1v) is 6.87. The van der Waals surface area contributed by atoms with E-state index in [0.717, 1.165) is 25.9 Å². The zero-order valence-electron chi connectivity index (χ0n) is 11.5. The van der Waals surface area contributed by atoms with Crippen molar-refractivity contribution in [1.29, 1.82) is 0 Å². The van der Waals surface area contributed by atoms with Crippen LogP contribution in [0.5, 0.6) is 0 Å². The molecular weight excluding hydrogens is 262 g/mol. The van der Waals surface area contributed by atoms with Gasteiger partial charge in [-0.1, -0.05) is 5.21 Å². The van der Waals surface area contributed by atoms with Crippen LogP contribution in [0.4, 0.5) is 0 Å². The summed E-state index contributed by atoms with van der Waals surface area (Å²) in [5.41, 5.74) is 5.89. The number of hydrogen-bond acceptors (Lipinski definition) is 6. The van der Waals surface area contributed by atoms with Gasteiger partial charge in [0.05, 0.1) is 32.4 Å². The summed E-state index contributed by atoms with van der Waals surface area (Å²) in [4.78, 5) is 11.0. The van der Waals surface area contributed by atoms with E-state index in [-0.39, 0.29) is 18.7 Å². The largest absolute Gasteiger partial charge is 0.353 e. The predicted molar refractivity (Wildman–Crippen MR) is 70.5 cm³/mol. The van der Waals surface area contributed by atoms with Crippen molar-refractivity contribution in [2.75, 3.05) is 19.8 Å². The minimum atomic E-state index is -0.211. The van der Waals surface area contributed by atoms with Crippen molar-refractivity contribution in [2.45, 2.75) is 38.6 Å². The topological polar surface area (TPSA) is 104 Å². The molecule has 1 aliphatic rings. The van der Waals surface area contributed by atoms with Gasteiger partial charge in [-0.25, -0.2) is 4.68 Å². The van der Waals surface area contributed by atoms with Crippen LogP contribution in [0.3, 0.4) is 0 Å². The van der Waals surface area contributed by atoms with Crippen molar-refractivity contribution in [1.82, 2.24) is 20.3 Å². The van der Waals surface area contributed by atoms with Gasteiger partial charge in [-0.05, 0) is 19.3 Å². The molecule has 0 radical (unpaired) electrons. The molecule has 8 heteroatoms. The molecule has 3 N–H and O–H groups in total. The SMILES string of the molecule is NCC(=O)NCc1cn(CCOC2CCCCO2)nn1. The van der Waals surface area contributed by atoms with Gasteiger partial charge < -0.3 is 20.5 Å². The highest BCUT2D eigenvalue weighted by atomic mass is 16.7. The normalized spacial score (nSPS) is 18.9. The third-order valence-electron chi connectivity index (χ3n) is 3.00. The Labute approximate surface area is 117 Å². The quantitative estimate of drug-likeness (QED) is 0.692. The summed E-state index contributed by atoms with van der Waals surface area (Å²) in [7, 11) is 0. The van der Waals surface area contributed by atoms with Crippen molar-refractivity contribution >= 4 is 5.91 Å². The molecule has 0 aromatic carbocycles. The first kappa shape index (κ1) is 14.9. The lowest BCUT2D eigenvalue weighted by Gasteiger charge is -2.22.